The predicted octanol–water partition coefficient (Wildman–Crippen LogP) is 10.3. The van der Waals surface area contributed by atoms with Gasteiger partial charge < -0.3 is 0 Å². The molecule has 39 heavy (non-hydrogen) atoms. The summed E-state index contributed by atoms with van der Waals surface area (Å²) in [6.45, 7) is 29.0. The van der Waals surface area contributed by atoms with E-state index in [1.165, 1.54) is 22.0 Å². The summed E-state index contributed by atoms with van der Waals surface area (Å²) < 4.78 is 0. The molecule has 2 aromatic rings. The van der Waals surface area contributed by atoms with E-state index < -0.39 is 23.4 Å². The van der Waals surface area contributed by atoms with Gasteiger partial charge in [-0.2, -0.15) is 0 Å². The molecule has 0 unspecified atom stereocenters. The van der Waals surface area contributed by atoms with Crippen LogP contribution in [0.4, 0.5) is 11.4 Å². The van der Waals surface area contributed by atoms with Crippen molar-refractivity contribution in [3.8, 4) is 0 Å². The molecule has 0 aliphatic rings. The Balaban J connectivity index is 3.26. The Morgan fingerprint density at radius 1 is 0.462 bits per heavy atom. The van der Waals surface area contributed by atoms with Gasteiger partial charge in [0.05, 0.1) is 0 Å². The van der Waals surface area contributed by atoms with Crippen molar-refractivity contribution in [2.75, 3.05) is 38.0 Å². The van der Waals surface area contributed by atoms with Crippen LogP contribution < -0.4 is 20.4 Å². The molecular formula is C32H56Cl2N2P2Pd+2. The molecule has 0 atom stereocenters. The zero-order valence-electron chi connectivity index (χ0n) is 27.5. The number of hydrogen-bond donors (Lipinski definition) is 0. The van der Waals surface area contributed by atoms with E-state index in [1.807, 2.05) is 0 Å². The molecule has 0 saturated heterocycles. The van der Waals surface area contributed by atoms with E-state index in [0.717, 1.165) is 0 Å². The van der Waals surface area contributed by atoms with Gasteiger partial charge in [-0.3, -0.25) is 0 Å². The van der Waals surface area contributed by atoms with Gasteiger partial charge in [-0.25, -0.2) is 0 Å². The number of rotatable bonds is 6. The average Bonchev–Trinajstić information content (AvgIpc) is 2.70. The summed E-state index contributed by atoms with van der Waals surface area (Å²) in [4.78, 5) is 4.33. The van der Waals surface area contributed by atoms with Crippen molar-refractivity contribution in [3.63, 3.8) is 0 Å². The molecule has 0 aromatic heterocycles. The van der Waals surface area contributed by atoms with E-state index in [4.69, 9.17) is 19.1 Å². The summed E-state index contributed by atoms with van der Waals surface area (Å²) in [7, 11) is 25.6. The van der Waals surface area contributed by atoms with Crippen LogP contribution in [0.2, 0.25) is 0 Å². The van der Waals surface area contributed by atoms with E-state index in [-0.39, 0.29) is 20.6 Å². The van der Waals surface area contributed by atoms with E-state index in [0.29, 0.717) is 0 Å². The van der Waals surface area contributed by atoms with Crippen molar-refractivity contribution in [3.05, 3.63) is 48.5 Å². The fourth-order valence-corrected chi connectivity index (χ4v) is 87.4. The van der Waals surface area contributed by atoms with E-state index in [1.54, 1.807) is 0 Å². The van der Waals surface area contributed by atoms with Crippen LogP contribution in [0.5, 0.6) is 0 Å². The third kappa shape index (κ3) is 5.62. The third-order valence-electron chi connectivity index (χ3n) is 7.45. The summed E-state index contributed by atoms with van der Waals surface area (Å²) in [5.74, 6) is 0. The van der Waals surface area contributed by atoms with Gasteiger partial charge in [-0.15, -0.1) is 0 Å². The Kier molecular flexibility index (Phi) is 10.3. The van der Waals surface area contributed by atoms with Crippen LogP contribution in [0.25, 0.3) is 0 Å². The summed E-state index contributed by atoms with van der Waals surface area (Å²) in [5.41, 5.74) is -2.16. The predicted molar refractivity (Wildman–Crippen MR) is 185 cm³/mol. The van der Waals surface area contributed by atoms with Crippen molar-refractivity contribution >= 4 is 51.9 Å². The van der Waals surface area contributed by atoms with Gasteiger partial charge in [0.25, 0.3) is 0 Å². The molecule has 0 radical (unpaired) electrons. The zero-order chi connectivity index (χ0) is 30.6. The molecule has 226 valence electrons. The minimum atomic E-state index is -3.41. The van der Waals surface area contributed by atoms with Crippen LogP contribution in [0.3, 0.4) is 0 Å². The van der Waals surface area contributed by atoms with Crippen LogP contribution in [-0.4, -0.2) is 48.8 Å². The Morgan fingerprint density at radius 3 is 0.821 bits per heavy atom. The molecule has 2 aromatic carbocycles. The first-order valence-corrected chi connectivity index (χ1v) is 25.2. The molecule has 0 aliphatic heterocycles. The molecule has 7 heteroatoms. The first-order chi connectivity index (χ1) is 17.3. The number of benzene rings is 2. The molecule has 0 fully saturated rings. The Morgan fingerprint density at radius 2 is 0.667 bits per heavy atom. The second-order valence-electron chi connectivity index (χ2n) is 14.9. The normalized spacial score (nSPS) is 14.8. The maximum absolute atomic E-state index is 8.59. The first kappa shape index (κ1) is 35.3. The Labute approximate surface area is 253 Å². The molecule has 0 spiro atoms. The number of halogens is 2. The van der Waals surface area contributed by atoms with Crippen LogP contribution in [0, 0.1) is 0 Å². The van der Waals surface area contributed by atoms with Crippen molar-refractivity contribution < 1.29 is 12.5 Å². The van der Waals surface area contributed by atoms with Crippen molar-refractivity contribution in [1.29, 1.82) is 0 Å². The maximum atomic E-state index is 8.59. The van der Waals surface area contributed by atoms with Gasteiger partial charge in [-0.1, -0.05) is 0 Å². The van der Waals surface area contributed by atoms with E-state index in [2.05, 4.69) is 170 Å². The zero-order valence-corrected chi connectivity index (χ0v) is 32.3. The fraction of sp³-hybridized carbons (Fsp3) is 0.625. The molecular weight excluding hydrogens is 652 g/mol. The summed E-state index contributed by atoms with van der Waals surface area (Å²) >= 11 is -3.41. The topological polar surface area (TPSA) is 6.48 Å². The molecule has 0 aliphatic carbocycles. The van der Waals surface area contributed by atoms with Crippen LogP contribution in [-0.2, 0) is 12.5 Å². The number of anilines is 2. The first-order valence-electron chi connectivity index (χ1n) is 13.7. The molecule has 2 rings (SSSR count). The van der Waals surface area contributed by atoms with Crippen LogP contribution >= 0.6 is 30.0 Å². The molecule has 0 amide bonds. The molecule has 0 heterocycles. The molecule has 0 bridgehead atoms. The second-order valence-corrected chi connectivity index (χ2v) is 46.6. The van der Waals surface area contributed by atoms with Crippen molar-refractivity contribution in [2.24, 2.45) is 0 Å². The standard InChI is InChI=1S/2C16H28NP.2ClH.Pd/c2*1-15(2,3)18(16(4,5)6)14-11-9-13(10-12-14)17(7)8;;;/h2*9-12H,1-8H3;2*1H;/q;;;;+4/p-2. The second kappa shape index (κ2) is 11.3. The van der Waals surface area contributed by atoms with E-state index >= 15 is 0 Å². The van der Waals surface area contributed by atoms with Gasteiger partial charge in [0.2, 0.25) is 0 Å². The number of hydrogen-bond acceptors (Lipinski definition) is 2. The summed E-state index contributed by atoms with van der Waals surface area (Å²) in [6, 6.07) is 18.5. The van der Waals surface area contributed by atoms with Crippen molar-refractivity contribution in [2.45, 2.75) is 104 Å². The van der Waals surface area contributed by atoms with Gasteiger partial charge in [0, 0.05) is 0 Å². The minimum absolute atomic E-state index is 0.100. The molecule has 0 N–H and O–H groups in total. The van der Waals surface area contributed by atoms with Gasteiger partial charge >= 0.3 is 255 Å². The van der Waals surface area contributed by atoms with Gasteiger partial charge in [0.1, 0.15) is 0 Å². The fourth-order valence-electron chi connectivity index (χ4n) is 6.82. The van der Waals surface area contributed by atoms with Crippen LogP contribution in [0.15, 0.2) is 48.5 Å². The Bertz CT molecular complexity index is 998. The number of nitrogens with zero attached hydrogens (tertiary/aromatic N) is 2. The van der Waals surface area contributed by atoms with Crippen molar-refractivity contribution in [1.82, 2.24) is 0 Å². The molecule has 0 saturated carbocycles. The summed E-state index contributed by atoms with van der Waals surface area (Å²) in [6.07, 6.45) is 0. The van der Waals surface area contributed by atoms with Gasteiger partial charge in [0.15, 0.2) is 0 Å². The monoisotopic (exact) mass is 706 g/mol. The molecule has 2 nitrogen and oxygen atoms in total. The third-order valence-corrected chi connectivity index (χ3v) is 58.1. The average molecular weight is 708 g/mol. The van der Waals surface area contributed by atoms with Gasteiger partial charge in [-0.05, 0) is 0 Å². The quantitative estimate of drug-likeness (QED) is 0.218. The van der Waals surface area contributed by atoms with Crippen LogP contribution in [0.1, 0.15) is 83.1 Å². The summed E-state index contributed by atoms with van der Waals surface area (Å²) in [5, 5.41) is 2.34. The Hall–Kier alpha value is 0.142. The SMILES string of the molecule is CN(C)c1ccc([P+](C(C)(C)C)(C(C)(C)C)[Pd]([Cl])([Cl])[P+](c2ccc(N(C)C)cc2)(C(C)(C)C)C(C)(C)C)cc1. The van der Waals surface area contributed by atoms with E-state index in [9.17, 15) is 0 Å².